The van der Waals surface area contributed by atoms with E-state index in [1.807, 2.05) is 13.8 Å². The van der Waals surface area contributed by atoms with Crippen molar-refractivity contribution >= 4 is 12.1 Å². The average molecular weight is 538 g/mol. The van der Waals surface area contributed by atoms with Crippen molar-refractivity contribution in [1.82, 2.24) is 14.7 Å². The SMILES string of the molecule is CC(C)OC(=O)Oc1c2n(ncc1=O)C(C1c3cccc(F)c3CCc3c(F)cccc31)CN(C(C)C)C2=O. The summed E-state index contributed by atoms with van der Waals surface area (Å²) in [5, 5.41) is 4.31. The third-order valence-electron chi connectivity index (χ3n) is 7.26. The van der Waals surface area contributed by atoms with Crippen LogP contribution in [0.1, 0.15) is 72.4 Å². The largest absolute Gasteiger partial charge is 0.514 e. The molecule has 0 N–H and O–H groups in total. The van der Waals surface area contributed by atoms with Crippen LogP contribution in [0.25, 0.3) is 0 Å². The van der Waals surface area contributed by atoms with Crippen molar-refractivity contribution in [2.45, 2.75) is 64.6 Å². The van der Waals surface area contributed by atoms with Crippen LogP contribution in [-0.4, -0.2) is 45.4 Å². The Labute approximate surface area is 224 Å². The predicted octanol–water partition coefficient (Wildman–Crippen LogP) is 4.78. The van der Waals surface area contributed by atoms with Gasteiger partial charge in [0.15, 0.2) is 5.69 Å². The molecular weight excluding hydrogens is 508 g/mol. The van der Waals surface area contributed by atoms with Gasteiger partial charge >= 0.3 is 6.16 Å². The fourth-order valence-corrected chi connectivity index (χ4v) is 5.58. The number of ether oxygens (including phenoxy) is 2. The van der Waals surface area contributed by atoms with Gasteiger partial charge in [0.25, 0.3) is 5.91 Å². The Hall–Kier alpha value is -4.08. The van der Waals surface area contributed by atoms with E-state index in [1.165, 1.54) is 16.8 Å². The molecule has 10 heteroatoms. The van der Waals surface area contributed by atoms with Gasteiger partial charge in [-0.3, -0.25) is 14.3 Å². The van der Waals surface area contributed by atoms with Crippen LogP contribution in [0.5, 0.6) is 5.75 Å². The molecule has 2 heterocycles. The minimum Gasteiger partial charge on any atom is -0.431 e. The van der Waals surface area contributed by atoms with E-state index in [1.54, 1.807) is 43.0 Å². The highest BCUT2D eigenvalue weighted by atomic mass is 19.1. The molecule has 0 bridgehead atoms. The van der Waals surface area contributed by atoms with Crippen molar-refractivity contribution < 1.29 is 27.8 Å². The first-order chi connectivity index (χ1) is 18.6. The Morgan fingerprint density at radius 3 is 2.10 bits per heavy atom. The number of aromatic nitrogens is 2. The number of nitrogens with zero attached hydrogens (tertiary/aromatic N) is 3. The van der Waals surface area contributed by atoms with Crippen LogP contribution in [0.2, 0.25) is 0 Å². The van der Waals surface area contributed by atoms with Gasteiger partial charge < -0.3 is 14.4 Å². The van der Waals surface area contributed by atoms with Crippen molar-refractivity contribution in [2.24, 2.45) is 0 Å². The van der Waals surface area contributed by atoms with Crippen molar-refractivity contribution in [2.75, 3.05) is 6.54 Å². The normalized spacial score (nSPS) is 17.0. The van der Waals surface area contributed by atoms with Gasteiger partial charge in [0.1, 0.15) is 11.6 Å². The second-order valence-electron chi connectivity index (χ2n) is 10.4. The number of halogens is 2. The summed E-state index contributed by atoms with van der Waals surface area (Å²) in [5.74, 6) is -2.46. The van der Waals surface area contributed by atoms with Gasteiger partial charge in [-0.05, 0) is 74.9 Å². The Bertz CT molecular complexity index is 1460. The van der Waals surface area contributed by atoms with Gasteiger partial charge in [-0.1, -0.05) is 24.3 Å². The molecule has 5 rings (SSSR count). The lowest BCUT2D eigenvalue weighted by Crippen LogP contribution is -2.50. The molecule has 3 aromatic rings. The number of hydrogen-bond acceptors (Lipinski definition) is 6. The lowest BCUT2D eigenvalue weighted by atomic mass is 9.81. The quantitative estimate of drug-likeness (QED) is 0.445. The van der Waals surface area contributed by atoms with Gasteiger partial charge in [-0.25, -0.2) is 13.6 Å². The summed E-state index contributed by atoms with van der Waals surface area (Å²) in [6.07, 6.45) is -0.0751. The number of rotatable bonds is 4. The summed E-state index contributed by atoms with van der Waals surface area (Å²) < 4.78 is 42.0. The molecule has 1 aliphatic carbocycles. The standard InChI is InChI=1S/C29H29F2N3O5/c1-15(2)33-14-23(34-26(28(33)36)27(24(35)13-32-34)39-29(37)38-16(3)4)25-19-7-5-9-21(30)17(19)11-12-18-20(25)8-6-10-22(18)31/h5-10,13,15-16,23,25H,11-12,14H2,1-4H3. The zero-order chi connectivity index (χ0) is 28.0. The maximum atomic E-state index is 15.2. The molecule has 0 saturated carbocycles. The average Bonchev–Trinajstić information content (AvgIpc) is 3.04. The van der Waals surface area contributed by atoms with E-state index in [0.29, 0.717) is 35.1 Å². The Morgan fingerprint density at radius 1 is 0.974 bits per heavy atom. The molecule has 0 saturated heterocycles. The van der Waals surface area contributed by atoms with Gasteiger partial charge in [0, 0.05) is 18.5 Å². The molecule has 2 aromatic carbocycles. The number of hydrogen-bond donors (Lipinski definition) is 0. The van der Waals surface area contributed by atoms with E-state index < -0.39 is 52.9 Å². The molecule has 1 atom stereocenters. The van der Waals surface area contributed by atoms with E-state index in [2.05, 4.69) is 5.10 Å². The first kappa shape index (κ1) is 26.5. The number of fused-ring (bicyclic) bond motifs is 3. The van der Waals surface area contributed by atoms with Gasteiger partial charge in [0.2, 0.25) is 11.2 Å². The molecule has 204 valence electrons. The summed E-state index contributed by atoms with van der Waals surface area (Å²) in [6.45, 7) is 7.03. The lowest BCUT2D eigenvalue weighted by molar-refractivity contribution is 0.0550. The molecule has 0 fully saturated rings. The highest BCUT2D eigenvalue weighted by Crippen LogP contribution is 2.45. The Kier molecular flexibility index (Phi) is 6.96. The Morgan fingerprint density at radius 2 is 1.56 bits per heavy atom. The van der Waals surface area contributed by atoms with Crippen molar-refractivity contribution in [3.8, 4) is 5.75 Å². The fourth-order valence-electron chi connectivity index (χ4n) is 5.58. The second kappa shape index (κ2) is 10.2. The maximum absolute atomic E-state index is 15.2. The summed E-state index contributed by atoms with van der Waals surface area (Å²) in [4.78, 5) is 40.5. The number of amides is 1. The van der Waals surface area contributed by atoms with E-state index in [9.17, 15) is 14.4 Å². The van der Waals surface area contributed by atoms with Crippen LogP contribution >= 0.6 is 0 Å². The van der Waals surface area contributed by atoms with Crippen LogP contribution < -0.4 is 10.2 Å². The molecule has 0 radical (unpaired) electrons. The topological polar surface area (TPSA) is 90.7 Å². The molecule has 0 spiro atoms. The smallest absolute Gasteiger partial charge is 0.431 e. The number of carbonyl (C=O) groups excluding carboxylic acids is 2. The van der Waals surface area contributed by atoms with Gasteiger partial charge in [-0.15, -0.1) is 0 Å². The lowest BCUT2D eigenvalue weighted by Gasteiger charge is -2.41. The predicted molar refractivity (Wildman–Crippen MR) is 138 cm³/mol. The zero-order valence-corrected chi connectivity index (χ0v) is 22.1. The van der Waals surface area contributed by atoms with Crippen molar-refractivity contribution in [3.63, 3.8) is 0 Å². The molecule has 39 heavy (non-hydrogen) atoms. The van der Waals surface area contributed by atoms with Crippen LogP contribution in [0.15, 0.2) is 47.4 Å². The first-order valence-corrected chi connectivity index (χ1v) is 12.9. The summed E-state index contributed by atoms with van der Waals surface area (Å²) in [7, 11) is 0. The second-order valence-corrected chi connectivity index (χ2v) is 10.4. The van der Waals surface area contributed by atoms with E-state index in [-0.39, 0.29) is 18.3 Å². The highest BCUT2D eigenvalue weighted by Gasteiger charge is 2.43. The van der Waals surface area contributed by atoms with Crippen LogP contribution in [0, 0.1) is 11.6 Å². The van der Waals surface area contributed by atoms with Gasteiger partial charge in [-0.2, -0.15) is 5.10 Å². The van der Waals surface area contributed by atoms with Crippen LogP contribution in [-0.2, 0) is 17.6 Å². The number of carbonyl (C=O) groups is 2. The molecule has 2 aliphatic rings. The summed E-state index contributed by atoms with van der Waals surface area (Å²) in [5.41, 5.74) is 1.24. The monoisotopic (exact) mass is 537 g/mol. The van der Waals surface area contributed by atoms with Crippen LogP contribution in [0.3, 0.4) is 0 Å². The first-order valence-electron chi connectivity index (χ1n) is 12.9. The van der Waals surface area contributed by atoms with Crippen molar-refractivity contribution in [3.05, 3.63) is 92.4 Å². The van der Waals surface area contributed by atoms with E-state index in [4.69, 9.17) is 9.47 Å². The van der Waals surface area contributed by atoms with Gasteiger partial charge in [0.05, 0.1) is 18.3 Å². The molecule has 1 aromatic heterocycles. The maximum Gasteiger partial charge on any atom is 0.514 e. The number of benzene rings is 2. The van der Waals surface area contributed by atoms with Crippen LogP contribution in [0.4, 0.5) is 13.6 Å². The zero-order valence-electron chi connectivity index (χ0n) is 22.1. The summed E-state index contributed by atoms with van der Waals surface area (Å²) >= 11 is 0. The highest BCUT2D eigenvalue weighted by molar-refractivity contribution is 5.96. The minimum atomic E-state index is -1.13. The third kappa shape index (κ3) is 4.68. The van der Waals surface area contributed by atoms with E-state index >= 15 is 8.78 Å². The third-order valence-corrected chi connectivity index (χ3v) is 7.26. The Balaban J connectivity index is 1.77. The fraction of sp³-hybridized carbons (Fsp3) is 0.379. The minimum absolute atomic E-state index is 0.145. The molecule has 1 amide bonds. The van der Waals surface area contributed by atoms with Crippen molar-refractivity contribution in [1.29, 1.82) is 0 Å². The molecule has 1 aliphatic heterocycles. The molecule has 8 nitrogen and oxygen atoms in total. The molecular formula is C29H29F2N3O5. The summed E-state index contributed by atoms with van der Waals surface area (Å²) in [6, 6.07) is 8.60. The van der Waals surface area contributed by atoms with E-state index in [0.717, 1.165) is 6.20 Å². The molecule has 1 unspecified atom stereocenters.